The van der Waals surface area contributed by atoms with E-state index in [0.717, 1.165) is 27.4 Å². The number of hydrogen-bond donors (Lipinski definition) is 0. The first-order valence-corrected chi connectivity index (χ1v) is 6.77. The van der Waals surface area contributed by atoms with Crippen LogP contribution in [0.3, 0.4) is 0 Å². The Balaban J connectivity index is 2.17. The Hall–Kier alpha value is -1.94. The number of benzene rings is 1. The van der Waals surface area contributed by atoms with E-state index in [1.807, 2.05) is 53.2 Å². The quantitative estimate of drug-likeness (QED) is 0.684. The predicted molar refractivity (Wildman–Crippen MR) is 80.0 cm³/mol. The van der Waals surface area contributed by atoms with Gasteiger partial charge in [0.1, 0.15) is 5.69 Å². The Labute approximate surface area is 120 Å². The second-order valence-electron chi connectivity index (χ2n) is 4.22. The molecule has 2 heterocycles. The van der Waals surface area contributed by atoms with Gasteiger partial charge >= 0.3 is 0 Å². The highest BCUT2D eigenvalue weighted by molar-refractivity contribution is 9.10. The first-order chi connectivity index (χ1) is 9.28. The van der Waals surface area contributed by atoms with E-state index in [1.165, 1.54) is 0 Å². The highest BCUT2D eigenvalue weighted by atomic mass is 79.9. The summed E-state index contributed by atoms with van der Waals surface area (Å²) in [6, 6.07) is 12.0. The second kappa shape index (κ2) is 4.97. The molecule has 0 aromatic heterocycles. The summed E-state index contributed by atoms with van der Waals surface area (Å²) in [5.74, 6) is 1.63. The van der Waals surface area contributed by atoms with Crippen molar-refractivity contribution in [3.8, 4) is 22.9 Å². The lowest BCUT2D eigenvalue weighted by Gasteiger charge is -2.08. The minimum atomic E-state index is 0.711. The third kappa shape index (κ3) is 2.31. The maximum absolute atomic E-state index is 4.63. The number of rotatable bonds is 3. The molecular weight excluding hydrogens is 302 g/mol. The summed E-state index contributed by atoms with van der Waals surface area (Å²) in [6.07, 6.45) is 3.84. The summed E-state index contributed by atoms with van der Waals surface area (Å²) in [6.45, 7) is 4.48. The number of allylic oxidation sites excluding steroid dienone is 1. The van der Waals surface area contributed by atoms with Gasteiger partial charge in [0.15, 0.2) is 11.6 Å². The summed E-state index contributed by atoms with van der Waals surface area (Å²) >= 11 is 3.50. The van der Waals surface area contributed by atoms with Crippen LogP contribution in [-0.2, 0) is 6.54 Å². The van der Waals surface area contributed by atoms with E-state index >= 15 is 0 Å². The topological polar surface area (TPSA) is 30.7 Å². The molecule has 4 heteroatoms. The van der Waals surface area contributed by atoms with Crippen molar-refractivity contribution in [2.75, 3.05) is 0 Å². The first-order valence-electron chi connectivity index (χ1n) is 5.97. The summed E-state index contributed by atoms with van der Waals surface area (Å²) in [5.41, 5.74) is 1.91. The van der Waals surface area contributed by atoms with Crippen molar-refractivity contribution in [3.05, 3.63) is 59.7 Å². The van der Waals surface area contributed by atoms with Crippen molar-refractivity contribution in [1.82, 2.24) is 14.5 Å². The molecule has 3 nitrogen and oxygen atoms in total. The summed E-state index contributed by atoms with van der Waals surface area (Å²) in [7, 11) is 0. The average Bonchev–Trinajstić information content (AvgIpc) is 2.84. The molecule has 0 saturated carbocycles. The van der Waals surface area contributed by atoms with E-state index in [4.69, 9.17) is 0 Å². The van der Waals surface area contributed by atoms with Crippen molar-refractivity contribution >= 4 is 15.9 Å². The van der Waals surface area contributed by atoms with Crippen molar-refractivity contribution < 1.29 is 0 Å². The number of hydrogen-bond acceptors (Lipinski definition) is 2. The number of aromatic nitrogens is 3. The number of halogens is 1. The van der Waals surface area contributed by atoms with Crippen molar-refractivity contribution in [2.24, 2.45) is 0 Å². The first kappa shape index (κ1) is 12.1. The van der Waals surface area contributed by atoms with Gasteiger partial charge in [-0.25, -0.2) is 9.97 Å². The molecule has 0 bridgehead atoms. The maximum atomic E-state index is 4.63. The molecule has 0 aliphatic carbocycles. The van der Waals surface area contributed by atoms with E-state index in [1.54, 1.807) is 0 Å². The van der Waals surface area contributed by atoms with Crippen molar-refractivity contribution in [1.29, 1.82) is 0 Å². The molecule has 0 fully saturated rings. The van der Waals surface area contributed by atoms with Gasteiger partial charge in [0.05, 0.1) is 0 Å². The van der Waals surface area contributed by atoms with Gasteiger partial charge in [0, 0.05) is 22.8 Å². The van der Waals surface area contributed by atoms with Crippen LogP contribution in [0, 0.1) is 0 Å². The van der Waals surface area contributed by atoms with Crippen molar-refractivity contribution in [2.45, 2.75) is 6.54 Å². The fourth-order valence-corrected chi connectivity index (χ4v) is 2.49. The molecule has 2 aliphatic heterocycles. The van der Waals surface area contributed by atoms with Crippen LogP contribution in [0.4, 0.5) is 0 Å². The van der Waals surface area contributed by atoms with Crippen LogP contribution in [0.15, 0.2) is 59.7 Å². The lowest BCUT2D eigenvalue weighted by atomic mass is 10.2. The number of imidazole rings is 1. The van der Waals surface area contributed by atoms with Crippen LogP contribution in [0.2, 0.25) is 0 Å². The molecule has 0 atom stereocenters. The van der Waals surface area contributed by atoms with Crippen LogP contribution < -0.4 is 0 Å². The zero-order valence-corrected chi connectivity index (χ0v) is 11.8. The third-order valence-electron chi connectivity index (χ3n) is 2.85. The maximum Gasteiger partial charge on any atom is 0.162 e. The van der Waals surface area contributed by atoms with Gasteiger partial charge in [-0.15, -0.1) is 6.58 Å². The monoisotopic (exact) mass is 313 g/mol. The van der Waals surface area contributed by atoms with E-state index in [9.17, 15) is 0 Å². The van der Waals surface area contributed by atoms with Crippen LogP contribution in [0.5, 0.6) is 0 Å². The minimum absolute atomic E-state index is 0.711. The normalized spacial score (nSPS) is 10.8. The lowest BCUT2D eigenvalue weighted by molar-refractivity contribution is 0.803. The Morgan fingerprint density at radius 1 is 1.21 bits per heavy atom. The molecule has 0 amide bonds. The molecule has 0 radical (unpaired) electrons. The molecule has 0 saturated heterocycles. The minimum Gasteiger partial charge on any atom is -0.326 e. The zero-order valence-electron chi connectivity index (χ0n) is 10.3. The van der Waals surface area contributed by atoms with Crippen LogP contribution in [0.1, 0.15) is 0 Å². The Morgan fingerprint density at radius 2 is 2.00 bits per heavy atom. The largest absolute Gasteiger partial charge is 0.326 e. The fraction of sp³-hybridized carbons (Fsp3) is 0.0667. The van der Waals surface area contributed by atoms with Gasteiger partial charge in [0.2, 0.25) is 0 Å². The van der Waals surface area contributed by atoms with Crippen LogP contribution in [-0.4, -0.2) is 14.5 Å². The molecule has 1 aromatic carbocycles. The number of nitrogens with zero attached hydrogens (tertiary/aromatic N) is 3. The van der Waals surface area contributed by atoms with E-state index in [2.05, 4.69) is 32.5 Å². The van der Waals surface area contributed by atoms with Crippen LogP contribution >= 0.6 is 15.9 Å². The van der Waals surface area contributed by atoms with E-state index in [-0.39, 0.29) is 0 Å². The van der Waals surface area contributed by atoms with Gasteiger partial charge in [-0.1, -0.05) is 36.4 Å². The molecule has 0 unspecified atom stereocenters. The van der Waals surface area contributed by atoms with Gasteiger partial charge in [-0.05, 0) is 22.0 Å². The van der Waals surface area contributed by atoms with Gasteiger partial charge in [-0.2, -0.15) is 0 Å². The fourth-order valence-electron chi connectivity index (χ4n) is 2.03. The molecule has 0 spiro atoms. The highest BCUT2D eigenvalue weighted by Crippen LogP contribution is 2.27. The standard InChI is InChI=1S/C15H12BrN3/c1-2-8-19-10-12(16)9-13-15(19)18-14(17-13)11-6-4-3-5-7-11/h2-7,9-10H,1,8H2. The number of fused-ring (bicyclic) bond motifs is 1. The molecule has 0 N–H and O–H groups in total. The summed E-state index contributed by atoms with van der Waals surface area (Å²) in [5, 5.41) is 0. The lowest BCUT2D eigenvalue weighted by Crippen LogP contribution is -2.01. The molecule has 1 aromatic rings. The molecule has 3 rings (SSSR count). The van der Waals surface area contributed by atoms with Crippen molar-refractivity contribution in [3.63, 3.8) is 0 Å². The molecule has 94 valence electrons. The van der Waals surface area contributed by atoms with Gasteiger partial charge in [-0.3, -0.25) is 0 Å². The Morgan fingerprint density at radius 3 is 2.74 bits per heavy atom. The van der Waals surface area contributed by atoms with Gasteiger partial charge in [0.25, 0.3) is 0 Å². The smallest absolute Gasteiger partial charge is 0.162 e. The second-order valence-corrected chi connectivity index (χ2v) is 5.14. The Bertz CT molecular complexity index is 688. The predicted octanol–water partition coefficient (Wildman–Crippen LogP) is 4.00. The SMILES string of the molecule is C=CCn1cc(Br)cc2nc(-c3ccccc3)nc1-2. The molecular formula is C15H12BrN3. The third-order valence-corrected chi connectivity index (χ3v) is 3.28. The van der Waals surface area contributed by atoms with Crippen LogP contribution in [0.25, 0.3) is 22.9 Å². The summed E-state index contributed by atoms with van der Waals surface area (Å²) in [4.78, 5) is 9.22. The van der Waals surface area contributed by atoms with Gasteiger partial charge < -0.3 is 4.57 Å². The summed E-state index contributed by atoms with van der Waals surface area (Å²) < 4.78 is 3.02. The molecule has 19 heavy (non-hydrogen) atoms. The zero-order chi connectivity index (χ0) is 13.2. The average molecular weight is 314 g/mol. The molecule has 2 aliphatic rings. The Kier molecular flexibility index (Phi) is 3.17. The highest BCUT2D eigenvalue weighted by Gasteiger charge is 2.15. The van der Waals surface area contributed by atoms with E-state index in [0.29, 0.717) is 6.54 Å². The van der Waals surface area contributed by atoms with E-state index < -0.39 is 0 Å². The number of pyridine rings is 1.